The van der Waals surface area contributed by atoms with E-state index in [4.69, 9.17) is 0 Å². The van der Waals surface area contributed by atoms with Crippen molar-refractivity contribution in [1.29, 1.82) is 0 Å². The molecule has 0 saturated heterocycles. The summed E-state index contributed by atoms with van der Waals surface area (Å²) in [7, 11) is 1.62. The van der Waals surface area contributed by atoms with Gasteiger partial charge >= 0.3 is 0 Å². The number of nitrogens with one attached hydrogen (secondary N) is 1. The van der Waals surface area contributed by atoms with Gasteiger partial charge < -0.3 is 10.2 Å². The fourth-order valence-corrected chi connectivity index (χ4v) is 3.06. The zero-order valence-electron chi connectivity index (χ0n) is 15.8. The number of thioether (sulfide) groups is 1. The number of nitrogens with zero attached hydrogens (tertiary/aromatic N) is 3. The largest absolute Gasteiger partial charge is 0.336 e. The van der Waals surface area contributed by atoms with Gasteiger partial charge in [-0.15, -0.1) is 0 Å². The van der Waals surface area contributed by atoms with Crippen molar-refractivity contribution in [2.75, 3.05) is 24.7 Å². The molecule has 1 N–H and O–H groups in total. The molecule has 0 aliphatic carbocycles. The molecule has 1 heterocycles. The minimum absolute atomic E-state index is 0.0000797. The Bertz CT molecular complexity index is 783. The van der Waals surface area contributed by atoms with Gasteiger partial charge in [-0.3, -0.25) is 9.59 Å². The molecule has 0 spiro atoms. The van der Waals surface area contributed by atoms with Gasteiger partial charge in [-0.05, 0) is 45.4 Å². The highest BCUT2D eigenvalue weighted by Gasteiger charge is 2.15. The van der Waals surface area contributed by atoms with Crippen LogP contribution in [0.2, 0.25) is 0 Å². The van der Waals surface area contributed by atoms with Gasteiger partial charge in [0.05, 0.1) is 12.3 Å². The van der Waals surface area contributed by atoms with Crippen LogP contribution in [0, 0.1) is 27.7 Å². The van der Waals surface area contributed by atoms with E-state index in [1.807, 2.05) is 52.0 Å². The minimum atomic E-state index is -0.229. The third-order valence-corrected chi connectivity index (χ3v) is 4.91. The number of likely N-dealkylation sites (N-methyl/N-ethyl adjacent to an activating group) is 1. The summed E-state index contributed by atoms with van der Waals surface area (Å²) >= 11 is 1.28. The molecule has 1 aromatic heterocycles. The number of aryl methyl sites for hydroxylation is 3. The summed E-state index contributed by atoms with van der Waals surface area (Å²) in [4.78, 5) is 34.5. The van der Waals surface area contributed by atoms with E-state index in [1.54, 1.807) is 7.05 Å². The van der Waals surface area contributed by atoms with Crippen LogP contribution < -0.4 is 5.32 Å². The first-order chi connectivity index (χ1) is 12.3. The van der Waals surface area contributed by atoms with E-state index >= 15 is 0 Å². The number of carbonyl (C=O) groups is 2. The number of aromatic nitrogens is 2. The Labute approximate surface area is 158 Å². The molecule has 2 aromatic rings. The summed E-state index contributed by atoms with van der Waals surface area (Å²) in [5.74, 6) is -0.183. The standard InChI is InChI=1S/C19H24N4O2S/c1-12-6-8-16(9-7-12)22-17(24)10-23(5)18(25)11-26-19-20-14(3)13(2)15(4)21-19/h6-9H,10-11H2,1-5H3,(H,22,24). The zero-order valence-corrected chi connectivity index (χ0v) is 16.6. The van der Waals surface area contributed by atoms with Gasteiger partial charge in [0, 0.05) is 24.1 Å². The summed E-state index contributed by atoms with van der Waals surface area (Å²) in [6.07, 6.45) is 0. The Morgan fingerprint density at radius 1 is 1.04 bits per heavy atom. The third-order valence-electron chi connectivity index (χ3n) is 4.08. The first kappa shape index (κ1) is 19.9. The van der Waals surface area contributed by atoms with Crippen LogP contribution in [-0.4, -0.2) is 46.0 Å². The van der Waals surface area contributed by atoms with Gasteiger partial charge in [0.2, 0.25) is 11.8 Å². The first-order valence-corrected chi connectivity index (χ1v) is 9.30. The highest BCUT2D eigenvalue weighted by molar-refractivity contribution is 7.99. The number of hydrogen-bond acceptors (Lipinski definition) is 5. The van der Waals surface area contributed by atoms with Crippen molar-refractivity contribution < 1.29 is 9.59 Å². The summed E-state index contributed by atoms with van der Waals surface area (Å²) in [6.45, 7) is 7.82. The zero-order chi connectivity index (χ0) is 19.3. The van der Waals surface area contributed by atoms with E-state index < -0.39 is 0 Å². The van der Waals surface area contributed by atoms with Crippen molar-refractivity contribution in [3.05, 3.63) is 46.8 Å². The SMILES string of the molecule is Cc1ccc(NC(=O)CN(C)C(=O)CSc2nc(C)c(C)c(C)n2)cc1. The molecule has 138 valence electrons. The molecule has 0 fully saturated rings. The molecule has 2 amide bonds. The molecule has 7 heteroatoms. The lowest BCUT2D eigenvalue weighted by Gasteiger charge is -2.16. The summed E-state index contributed by atoms with van der Waals surface area (Å²) < 4.78 is 0. The van der Waals surface area contributed by atoms with Crippen molar-refractivity contribution in [1.82, 2.24) is 14.9 Å². The fraction of sp³-hybridized carbons (Fsp3) is 0.368. The van der Waals surface area contributed by atoms with Crippen LogP contribution in [0.4, 0.5) is 5.69 Å². The van der Waals surface area contributed by atoms with Crippen LogP contribution in [0.15, 0.2) is 29.4 Å². The predicted molar refractivity (Wildman–Crippen MR) is 104 cm³/mol. The molecular weight excluding hydrogens is 348 g/mol. The highest BCUT2D eigenvalue weighted by Crippen LogP contribution is 2.17. The number of rotatable bonds is 6. The highest BCUT2D eigenvalue weighted by atomic mass is 32.2. The minimum Gasteiger partial charge on any atom is -0.336 e. The maximum atomic E-state index is 12.3. The van der Waals surface area contributed by atoms with Crippen LogP contribution in [0.5, 0.6) is 0 Å². The molecule has 6 nitrogen and oxygen atoms in total. The summed E-state index contributed by atoms with van der Waals surface area (Å²) in [6, 6.07) is 7.52. The van der Waals surface area contributed by atoms with E-state index in [0.717, 1.165) is 28.2 Å². The lowest BCUT2D eigenvalue weighted by atomic mass is 10.2. The third kappa shape index (κ3) is 5.56. The molecule has 0 bridgehead atoms. The summed E-state index contributed by atoms with van der Waals surface area (Å²) in [5, 5.41) is 3.37. The van der Waals surface area contributed by atoms with Crippen molar-refractivity contribution in [3.63, 3.8) is 0 Å². The van der Waals surface area contributed by atoms with Crippen LogP contribution in [0.1, 0.15) is 22.5 Å². The molecule has 26 heavy (non-hydrogen) atoms. The fourth-order valence-electron chi connectivity index (χ4n) is 2.18. The second-order valence-corrected chi connectivity index (χ2v) is 7.20. The first-order valence-electron chi connectivity index (χ1n) is 8.31. The van der Waals surface area contributed by atoms with Crippen LogP contribution >= 0.6 is 11.8 Å². The monoisotopic (exact) mass is 372 g/mol. The van der Waals surface area contributed by atoms with Gasteiger partial charge in [0.25, 0.3) is 0 Å². The second kappa shape index (κ2) is 8.80. The Balaban J connectivity index is 1.85. The average molecular weight is 372 g/mol. The Kier molecular flexibility index (Phi) is 6.74. The van der Waals surface area contributed by atoms with Gasteiger partial charge in [0.1, 0.15) is 0 Å². The maximum Gasteiger partial charge on any atom is 0.243 e. The lowest BCUT2D eigenvalue weighted by molar-refractivity contribution is -0.131. The second-order valence-electron chi connectivity index (χ2n) is 6.25. The van der Waals surface area contributed by atoms with E-state index in [-0.39, 0.29) is 24.1 Å². The van der Waals surface area contributed by atoms with E-state index in [2.05, 4.69) is 15.3 Å². The maximum absolute atomic E-state index is 12.3. The van der Waals surface area contributed by atoms with Crippen LogP contribution in [0.25, 0.3) is 0 Å². The lowest BCUT2D eigenvalue weighted by Crippen LogP contribution is -2.36. The molecule has 1 aromatic carbocycles. The van der Waals surface area contributed by atoms with Crippen molar-refractivity contribution >= 4 is 29.3 Å². The number of amides is 2. The molecule has 0 unspecified atom stereocenters. The molecule has 2 rings (SSSR count). The Morgan fingerprint density at radius 2 is 1.62 bits per heavy atom. The molecule has 0 radical (unpaired) electrons. The number of carbonyl (C=O) groups excluding carboxylic acids is 2. The van der Waals surface area contributed by atoms with Crippen molar-refractivity contribution in [2.45, 2.75) is 32.9 Å². The quantitative estimate of drug-likeness (QED) is 0.623. The van der Waals surface area contributed by atoms with Crippen LogP contribution in [-0.2, 0) is 9.59 Å². The Hall–Kier alpha value is -2.41. The molecule has 0 saturated carbocycles. The van der Waals surface area contributed by atoms with E-state index in [9.17, 15) is 9.59 Å². The van der Waals surface area contributed by atoms with Crippen molar-refractivity contribution in [3.8, 4) is 0 Å². The van der Waals surface area contributed by atoms with Gasteiger partial charge in [0.15, 0.2) is 5.16 Å². The number of hydrogen-bond donors (Lipinski definition) is 1. The number of anilines is 1. The predicted octanol–water partition coefficient (Wildman–Crippen LogP) is 2.90. The average Bonchev–Trinajstić information content (AvgIpc) is 2.59. The van der Waals surface area contributed by atoms with Crippen LogP contribution in [0.3, 0.4) is 0 Å². The molecule has 0 atom stereocenters. The molecule has 0 aliphatic heterocycles. The van der Waals surface area contributed by atoms with E-state index in [1.165, 1.54) is 16.7 Å². The van der Waals surface area contributed by atoms with E-state index in [0.29, 0.717) is 5.16 Å². The molecular formula is C19H24N4O2S. The van der Waals surface area contributed by atoms with Gasteiger partial charge in [-0.25, -0.2) is 9.97 Å². The van der Waals surface area contributed by atoms with Gasteiger partial charge in [-0.1, -0.05) is 29.5 Å². The smallest absolute Gasteiger partial charge is 0.243 e. The Morgan fingerprint density at radius 3 is 2.19 bits per heavy atom. The topological polar surface area (TPSA) is 75.2 Å². The molecule has 0 aliphatic rings. The number of benzene rings is 1. The summed E-state index contributed by atoms with van der Waals surface area (Å²) in [5.41, 5.74) is 4.73. The van der Waals surface area contributed by atoms with Gasteiger partial charge in [-0.2, -0.15) is 0 Å². The normalized spacial score (nSPS) is 10.5. The van der Waals surface area contributed by atoms with Crippen molar-refractivity contribution in [2.24, 2.45) is 0 Å².